The van der Waals surface area contributed by atoms with Crippen LogP contribution in [0.3, 0.4) is 0 Å². The second-order valence-corrected chi connectivity index (χ2v) is 11.1. The first kappa shape index (κ1) is 30.9. The van der Waals surface area contributed by atoms with Crippen LogP contribution < -0.4 is 11.1 Å². The SMILES string of the molecule is Clc1cccc(-c2ccc3ccccc3n2)c1.NC1=CC=C[C+]=C1.c1ccc(Nc2cccc(-c3ccc4ccccc4n3)c2)cc1. The van der Waals surface area contributed by atoms with Crippen LogP contribution >= 0.6 is 11.6 Å². The highest BCUT2D eigenvalue weighted by atomic mass is 35.5. The predicted octanol–water partition coefficient (Wildman–Crippen LogP) is 11.0. The first-order valence-corrected chi connectivity index (χ1v) is 15.6. The van der Waals surface area contributed by atoms with Crippen LogP contribution in [0.25, 0.3) is 44.3 Å². The van der Waals surface area contributed by atoms with Crippen molar-refractivity contribution in [3.05, 3.63) is 193 Å². The molecule has 5 heteroatoms. The Morgan fingerprint density at radius 2 is 1.13 bits per heavy atom. The second kappa shape index (κ2) is 15.3. The van der Waals surface area contributed by atoms with E-state index in [4.69, 9.17) is 22.3 Å². The van der Waals surface area contributed by atoms with Gasteiger partial charge in [-0.2, -0.15) is 0 Å². The molecular weight excluding hydrogens is 596 g/mol. The number of hydrogen-bond donors (Lipinski definition) is 2. The fourth-order valence-electron chi connectivity index (χ4n) is 4.95. The molecule has 5 aromatic carbocycles. The molecule has 0 atom stereocenters. The summed E-state index contributed by atoms with van der Waals surface area (Å²) >= 11 is 5.99. The van der Waals surface area contributed by atoms with Crippen molar-refractivity contribution in [2.75, 3.05) is 5.32 Å². The van der Waals surface area contributed by atoms with E-state index in [0.29, 0.717) is 0 Å². The van der Waals surface area contributed by atoms with Crippen LogP contribution in [0, 0.1) is 6.08 Å². The Morgan fingerprint density at radius 3 is 1.70 bits per heavy atom. The summed E-state index contributed by atoms with van der Waals surface area (Å²) in [7, 11) is 0. The summed E-state index contributed by atoms with van der Waals surface area (Å²) in [6.07, 6.45) is 10.1. The summed E-state index contributed by atoms with van der Waals surface area (Å²) in [6, 6.07) is 50.8. The van der Waals surface area contributed by atoms with E-state index in [9.17, 15) is 0 Å². The Balaban J connectivity index is 0.000000141. The molecule has 226 valence electrons. The van der Waals surface area contributed by atoms with Gasteiger partial charge in [0.1, 0.15) is 17.8 Å². The Labute approximate surface area is 280 Å². The zero-order valence-electron chi connectivity index (χ0n) is 25.6. The van der Waals surface area contributed by atoms with Gasteiger partial charge in [-0.05, 0) is 60.7 Å². The van der Waals surface area contributed by atoms with Crippen LogP contribution in [-0.2, 0) is 0 Å². The average molecular weight is 628 g/mol. The number of nitrogens with one attached hydrogen (secondary N) is 1. The maximum Gasteiger partial charge on any atom is 0.144 e. The highest BCUT2D eigenvalue weighted by Crippen LogP contribution is 2.26. The zero-order valence-corrected chi connectivity index (χ0v) is 26.3. The lowest BCUT2D eigenvalue weighted by atomic mass is 10.1. The van der Waals surface area contributed by atoms with E-state index in [2.05, 4.69) is 83.1 Å². The van der Waals surface area contributed by atoms with Crippen molar-refractivity contribution in [1.29, 1.82) is 0 Å². The number of allylic oxidation sites excluding steroid dienone is 5. The fourth-order valence-corrected chi connectivity index (χ4v) is 5.14. The summed E-state index contributed by atoms with van der Waals surface area (Å²) in [5.74, 6) is 0. The molecule has 0 fully saturated rings. The van der Waals surface area contributed by atoms with Gasteiger partial charge in [0, 0.05) is 50.4 Å². The van der Waals surface area contributed by atoms with E-state index in [1.165, 1.54) is 0 Å². The average Bonchev–Trinajstić information content (AvgIpc) is 3.13. The number of para-hydroxylation sites is 3. The van der Waals surface area contributed by atoms with Gasteiger partial charge in [0.25, 0.3) is 0 Å². The molecule has 7 aromatic rings. The van der Waals surface area contributed by atoms with E-state index in [-0.39, 0.29) is 0 Å². The standard InChI is InChI=1S/C21H16N2.C15H10ClN.C6H6N/c1-2-9-18(10-3-1)22-19-11-6-8-17(15-19)21-14-13-16-7-4-5-12-20(16)23-21;16-13-6-3-5-12(10-13)15-9-8-11-4-1-2-7-14(11)17-15;7-6-4-2-1-3-5-6/h1-15,22H;1-10H;1-2,4-5H,7H2/q;;+1. The van der Waals surface area contributed by atoms with Gasteiger partial charge in [-0.1, -0.05) is 103 Å². The molecule has 0 radical (unpaired) electrons. The van der Waals surface area contributed by atoms with Gasteiger partial charge < -0.3 is 11.1 Å². The molecule has 0 aliphatic heterocycles. The smallest absolute Gasteiger partial charge is 0.144 e. The number of anilines is 2. The van der Waals surface area contributed by atoms with E-state index >= 15 is 0 Å². The number of aromatic nitrogens is 2. The zero-order chi connectivity index (χ0) is 32.3. The lowest BCUT2D eigenvalue weighted by Gasteiger charge is -2.09. The van der Waals surface area contributed by atoms with Crippen molar-refractivity contribution >= 4 is 44.8 Å². The van der Waals surface area contributed by atoms with E-state index in [1.54, 1.807) is 6.08 Å². The number of rotatable bonds is 4. The Bertz CT molecular complexity index is 2200. The van der Waals surface area contributed by atoms with Crippen molar-refractivity contribution in [2.45, 2.75) is 0 Å². The molecule has 3 N–H and O–H groups in total. The van der Waals surface area contributed by atoms with Crippen molar-refractivity contribution in [3.63, 3.8) is 0 Å². The van der Waals surface area contributed by atoms with Gasteiger partial charge in [-0.3, -0.25) is 0 Å². The monoisotopic (exact) mass is 627 g/mol. The summed E-state index contributed by atoms with van der Waals surface area (Å²) in [4.78, 5) is 9.39. The van der Waals surface area contributed by atoms with Crippen LogP contribution in [0.5, 0.6) is 0 Å². The molecule has 8 rings (SSSR count). The molecule has 0 unspecified atom stereocenters. The van der Waals surface area contributed by atoms with Gasteiger partial charge in [0.05, 0.1) is 28.5 Å². The number of nitrogens with zero attached hydrogens (tertiary/aromatic N) is 2. The van der Waals surface area contributed by atoms with Crippen molar-refractivity contribution in [1.82, 2.24) is 9.97 Å². The topological polar surface area (TPSA) is 63.8 Å². The number of benzene rings is 5. The Hall–Kier alpha value is -6.06. The fraction of sp³-hybridized carbons (Fsp3) is 0. The third kappa shape index (κ3) is 8.56. The van der Waals surface area contributed by atoms with Crippen LogP contribution in [0.1, 0.15) is 0 Å². The Morgan fingerprint density at radius 1 is 0.553 bits per heavy atom. The molecule has 1 aliphatic carbocycles. The second-order valence-electron chi connectivity index (χ2n) is 10.7. The largest absolute Gasteiger partial charge is 0.356 e. The van der Waals surface area contributed by atoms with Gasteiger partial charge in [-0.15, -0.1) is 0 Å². The van der Waals surface area contributed by atoms with E-state index in [0.717, 1.165) is 66.4 Å². The highest BCUT2D eigenvalue weighted by molar-refractivity contribution is 6.30. The first-order chi connectivity index (χ1) is 23.1. The third-order valence-electron chi connectivity index (χ3n) is 7.27. The lowest BCUT2D eigenvalue weighted by Crippen LogP contribution is -1.92. The predicted molar refractivity (Wildman–Crippen MR) is 198 cm³/mol. The lowest BCUT2D eigenvalue weighted by molar-refractivity contribution is 1.40. The normalized spacial score (nSPS) is 11.4. The number of pyridine rings is 2. The molecule has 2 aromatic heterocycles. The summed E-state index contributed by atoms with van der Waals surface area (Å²) in [5.41, 5.74) is 14.3. The minimum absolute atomic E-state index is 0.734. The van der Waals surface area contributed by atoms with Crippen LogP contribution in [0.4, 0.5) is 11.4 Å². The minimum Gasteiger partial charge on any atom is -0.356 e. The van der Waals surface area contributed by atoms with Crippen LogP contribution in [0.2, 0.25) is 5.02 Å². The van der Waals surface area contributed by atoms with Crippen molar-refractivity contribution in [2.24, 2.45) is 5.73 Å². The molecule has 0 saturated heterocycles. The van der Waals surface area contributed by atoms with E-state index in [1.807, 2.05) is 103 Å². The maximum atomic E-state index is 5.99. The summed E-state index contributed by atoms with van der Waals surface area (Å²) < 4.78 is 0. The maximum absolute atomic E-state index is 5.99. The first-order valence-electron chi connectivity index (χ1n) is 15.2. The van der Waals surface area contributed by atoms with Crippen LogP contribution in [0.15, 0.2) is 182 Å². The Kier molecular flexibility index (Phi) is 10.1. The van der Waals surface area contributed by atoms with Crippen molar-refractivity contribution < 1.29 is 0 Å². The molecule has 47 heavy (non-hydrogen) atoms. The minimum atomic E-state index is 0.734. The number of hydrogen-bond acceptors (Lipinski definition) is 4. The molecule has 0 spiro atoms. The molecule has 0 saturated carbocycles. The molecule has 0 amide bonds. The molecular formula is C42H32ClN4+. The number of nitrogens with two attached hydrogens (primary N) is 1. The van der Waals surface area contributed by atoms with Gasteiger partial charge >= 0.3 is 0 Å². The summed E-state index contributed by atoms with van der Waals surface area (Å²) in [5, 5.41) is 6.47. The van der Waals surface area contributed by atoms with E-state index < -0.39 is 0 Å². The molecule has 1 aliphatic rings. The van der Waals surface area contributed by atoms with Gasteiger partial charge in [0.2, 0.25) is 0 Å². The van der Waals surface area contributed by atoms with Crippen LogP contribution in [-0.4, -0.2) is 9.97 Å². The number of fused-ring (bicyclic) bond motifs is 2. The molecule has 0 bridgehead atoms. The highest BCUT2D eigenvalue weighted by Gasteiger charge is 2.04. The molecule has 4 nitrogen and oxygen atoms in total. The number of halogens is 1. The van der Waals surface area contributed by atoms with Gasteiger partial charge in [-0.25, -0.2) is 9.97 Å². The third-order valence-corrected chi connectivity index (χ3v) is 7.50. The quantitative estimate of drug-likeness (QED) is 0.191. The van der Waals surface area contributed by atoms with Crippen molar-refractivity contribution in [3.8, 4) is 22.5 Å². The summed E-state index contributed by atoms with van der Waals surface area (Å²) in [6.45, 7) is 0. The molecule has 2 heterocycles. The van der Waals surface area contributed by atoms with Gasteiger partial charge in [0.15, 0.2) is 0 Å².